The minimum Gasteiger partial charge on any atom is -0.375 e. The van der Waals surface area contributed by atoms with Crippen LogP contribution in [0.5, 0.6) is 0 Å². The highest BCUT2D eigenvalue weighted by Gasteiger charge is 2.25. The highest BCUT2D eigenvalue weighted by atomic mass is 16.5. The Kier molecular flexibility index (Phi) is 9.47. The van der Waals surface area contributed by atoms with Crippen LogP contribution < -0.4 is 10.6 Å². The number of hydrogen-bond donors (Lipinski definition) is 2. The lowest BCUT2D eigenvalue weighted by Gasteiger charge is -2.28. The number of methoxy groups -OCH3 is 1. The molecule has 2 N–H and O–H groups in total. The number of rotatable bonds is 10. The van der Waals surface area contributed by atoms with Crippen LogP contribution in [0, 0.1) is 5.92 Å². The van der Waals surface area contributed by atoms with Crippen molar-refractivity contribution in [2.75, 3.05) is 33.5 Å². The molecule has 7 heteroatoms. The quantitative estimate of drug-likeness (QED) is 0.567. The van der Waals surface area contributed by atoms with Crippen LogP contribution in [0.25, 0.3) is 0 Å². The molecule has 1 saturated carbocycles. The Balaban J connectivity index is 2.07. The predicted octanol–water partition coefficient (Wildman–Crippen LogP) is 0.420. The van der Waals surface area contributed by atoms with E-state index in [0.717, 1.165) is 25.7 Å². The van der Waals surface area contributed by atoms with Gasteiger partial charge < -0.3 is 20.1 Å². The van der Waals surface area contributed by atoms with Gasteiger partial charge in [-0.25, -0.2) is 0 Å². The lowest BCUT2D eigenvalue weighted by molar-refractivity contribution is -0.127. The Morgan fingerprint density at radius 3 is 2.35 bits per heavy atom. The van der Waals surface area contributed by atoms with Crippen molar-refractivity contribution in [3.63, 3.8) is 0 Å². The fourth-order valence-electron chi connectivity index (χ4n) is 2.73. The third-order valence-corrected chi connectivity index (χ3v) is 3.97. The van der Waals surface area contributed by atoms with Gasteiger partial charge in [0.2, 0.25) is 11.8 Å². The van der Waals surface area contributed by atoms with Crippen LogP contribution >= 0.6 is 0 Å². The van der Waals surface area contributed by atoms with Gasteiger partial charge in [-0.05, 0) is 25.7 Å². The summed E-state index contributed by atoms with van der Waals surface area (Å²) in [7, 11) is 1.45. The number of hydrogen-bond acceptors (Lipinski definition) is 5. The average molecular weight is 328 g/mol. The largest absolute Gasteiger partial charge is 0.375 e. The summed E-state index contributed by atoms with van der Waals surface area (Å²) in [5.74, 6) is 0.131. The van der Waals surface area contributed by atoms with Gasteiger partial charge in [0.05, 0.1) is 6.61 Å². The van der Waals surface area contributed by atoms with Gasteiger partial charge in [-0.3, -0.25) is 14.4 Å². The van der Waals surface area contributed by atoms with Crippen LogP contribution in [0.2, 0.25) is 0 Å². The van der Waals surface area contributed by atoms with Gasteiger partial charge in [-0.15, -0.1) is 0 Å². The number of amides is 2. The zero-order valence-corrected chi connectivity index (χ0v) is 14.1. The molecule has 0 unspecified atom stereocenters. The lowest BCUT2D eigenvalue weighted by atomic mass is 9.83. The summed E-state index contributed by atoms with van der Waals surface area (Å²) in [5.41, 5.74) is 0. The molecule has 0 saturated heterocycles. The first-order valence-electron chi connectivity index (χ1n) is 8.22. The van der Waals surface area contributed by atoms with E-state index in [-0.39, 0.29) is 43.6 Å². The Morgan fingerprint density at radius 1 is 1.04 bits per heavy atom. The van der Waals surface area contributed by atoms with Crippen LogP contribution in [0.1, 0.15) is 39.0 Å². The van der Waals surface area contributed by atoms with Crippen LogP contribution in [-0.2, 0) is 23.9 Å². The Hall–Kier alpha value is -1.47. The fraction of sp³-hybridized carbons (Fsp3) is 0.812. The van der Waals surface area contributed by atoms with E-state index in [1.807, 2.05) is 6.92 Å². The average Bonchev–Trinajstić information content (AvgIpc) is 2.54. The van der Waals surface area contributed by atoms with Crippen molar-refractivity contribution in [1.82, 2.24) is 10.6 Å². The normalized spacial score (nSPS) is 20.8. The van der Waals surface area contributed by atoms with Gasteiger partial charge in [-0.2, -0.15) is 0 Å². The third-order valence-electron chi connectivity index (χ3n) is 3.97. The number of nitrogens with one attached hydrogen (secondary N) is 2. The highest BCUT2D eigenvalue weighted by molar-refractivity contribution is 5.81. The summed E-state index contributed by atoms with van der Waals surface area (Å²) in [6.45, 7) is 2.52. The summed E-state index contributed by atoms with van der Waals surface area (Å²) >= 11 is 0. The second-order valence-electron chi connectivity index (χ2n) is 5.77. The van der Waals surface area contributed by atoms with E-state index in [2.05, 4.69) is 15.4 Å². The molecule has 0 radical (unpaired) electrons. The molecule has 0 heterocycles. The third kappa shape index (κ3) is 8.08. The second kappa shape index (κ2) is 11.1. The zero-order chi connectivity index (χ0) is 17.1. The molecule has 1 aliphatic carbocycles. The Bertz CT molecular complexity index is 392. The molecule has 23 heavy (non-hydrogen) atoms. The molecule has 7 nitrogen and oxygen atoms in total. The molecular formula is C16H28N2O5. The number of ether oxygens (including phenoxy) is 2. The van der Waals surface area contributed by atoms with Crippen molar-refractivity contribution >= 4 is 17.6 Å². The van der Waals surface area contributed by atoms with E-state index in [1.165, 1.54) is 7.11 Å². The topological polar surface area (TPSA) is 93.7 Å². The van der Waals surface area contributed by atoms with E-state index in [0.29, 0.717) is 18.7 Å². The molecule has 0 bridgehead atoms. The van der Waals surface area contributed by atoms with Gasteiger partial charge in [0.25, 0.3) is 0 Å². The van der Waals surface area contributed by atoms with Gasteiger partial charge in [0, 0.05) is 32.0 Å². The monoisotopic (exact) mass is 328 g/mol. The lowest BCUT2D eigenvalue weighted by Crippen LogP contribution is -2.40. The molecule has 0 atom stereocenters. The standard InChI is InChI=1S/C16H28N2O5/c1-3-14(19)12-4-6-13(7-5-12)18-16(21)11-23-9-8-17-15(20)10-22-2/h12-13H,3-11H2,1-2H3,(H,17,20)(H,18,21). The van der Waals surface area contributed by atoms with Crippen LogP contribution in [0.3, 0.4) is 0 Å². The molecule has 0 aromatic rings. The molecule has 1 rings (SSSR count). The molecule has 2 amide bonds. The number of ketones is 1. The summed E-state index contributed by atoms with van der Waals surface area (Å²) in [4.78, 5) is 34.5. The number of Topliss-reactive ketones (excluding diaryl/α,β-unsaturated/α-hetero) is 1. The van der Waals surface area contributed by atoms with Crippen LogP contribution in [0.15, 0.2) is 0 Å². The van der Waals surface area contributed by atoms with Crippen molar-refractivity contribution in [3.05, 3.63) is 0 Å². The molecule has 0 spiro atoms. The minimum atomic E-state index is -0.209. The smallest absolute Gasteiger partial charge is 0.246 e. The van der Waals surface area contributed by atoms with Crippen molar-refractivity contribution in [2.24, 2.45) is 5.92 Å². The van der Waals surface area contributed by atoms with E-state index < -0.39 is 0 Å². The summed E-state index contributed by atoms with van der Waals surface area (Å²) < 4.78 is 9.90. The van der Waals surface area contributed by atoms with Crippen LogP contribution in [0.4, 0.5) is 0 Å². The van der Waals surface area contributed by atoms with E-state index in [4.69, 9.17) is 4.74 Å². The first kappa shape index (κ1) is 19.6. The van der Waals surface area contributed by atoms with Gasteiger partial charge in [-0.1, -0.05) is 6.92 Å². The van der Waals surface area contributed by atoms with Crippen LogP contribution in [-0.4, -0.2) is 57.1 Å². The maximum Gasteiger partial charge on any atom is 0.246 e. The molecule has 0 aromatic heterocycles. The number of carbonyl (C=O) groups is 3. The number of carbonyl (C=O) groups excluding carboxylic acids is 3. The molecule has 1 aliphatic rings. The van der Waals surface area contributed by atoms with Gasteiger partial charge in [0.1, 0.15) is 19.0 Å². The summed E-state index contributed by atoms with van der Waals surface area (Å²) in [5, 5.41) is 5.54. The van der Waals surface area contributed by atoms with Crippen molar-refractivity contribution in [3.8, 4) is 0 Å². The fourth-order valence-corrected chi connectivity index (χ4v) is 2.73. The maximum atomic E-state index is 11.8. The molecule has 132 valence electrons. The van der Waals surface area contributed by atoms with Crippen molar-refractivity contribution < 1.29 is 23.9 Å². The summed E-state index contributed by atoms with van der Waals surface area (Å²) in [6, 6.07) is 0.133. The highest BCUT2D eigenvalue weighted by Crippen LogP contribution is 2.25. The Labute approximate surface area is 137 Å². The van der Waals surface area contributed by atoms with Gasteiger partial charge in [0.15, 0.2) is 0 Å². The zero-order valence-electron chi connectivity index (χ0n) is 14.1. The Morgan fingerprint density at radius 2 is 1.74 bits per heavy atom. The molecule has 1 fully saturated rings. The first-order chi connectivity index (χ1) is 11.1. The first-order valence-corrected chi connectivity index (χ1v) is 8.22. The van der Waals surface area contributed by atoms with E-state index >= 15 is 0 Å². The van der Waals surface area contributed by atoms with Gasteiger partial charge >= 0.3 is 0 Å². The van der Waals surface area contributed by atoms with Crippen molar-refractivity contribution in [2.45, 2.75) is 45.1 Å². The van der Waals surface area contributed by atoms with Crippen molar-refractivity contribution in [1.29, 1.82) is 0 Å². The minimum absolute atomic E-state index is 0.0176. The molecular weight excluding hydrogens is 300 g/mol. The predicted molar refractivity (Wildman–Crippen MR) is 84.9 cm³/mol. The molecule has 0 aromatic carbocycles. The van der Waals surface area contributed by atoms with E-state index in [1.54, 1.807) is 0 Å². The SMILES string of the molecule is CCC(=O)C1CCC(NC(=O)COCCNC(=O)COC)CC1. The van der Waals surface area contributed by atoms with E-state index in [9.17, 15) is 14.4 Å². The second-order valence-corrected chi connectivity index (χ2v) is 5.77. The summed E-state index contributed by atoms with van der Waals surface area (Å²) in [6.07, 6.45) is 3.98. The molecule has 0 aliphatic heterocycles. The maximum absolute atomic E-state index is 11.8.